The summed E-state index contributed by atoms with van der Waals surface area (Å²) in [6.07, 6.45) is 2.33. The third-order valence-corrected chi connectivity index (χ3v) is 5.33. The van der Waals surface area contributed by atoms with Gasteiger partial charge in [0.05, 0.1) is 24.9 Å². The lowest BCUT2D eigenvalue weighted by atomic mass is 9.99. The number of aromatic nitrogens is 6. The molecular weight excluding hydrogens is 446 g/mol. The Hall–Kier alpha value is -3.92. The molecule has 178 valence electrons. The molecule has 1 atom stereocenters. The molecule has 13 heteroatoms. The fourth-order valence-corrected chi connectivity index (χ4v) is 3.62. The van der Waals surface area contributed by atoms with Crippen molar-refractivity contribution in [3.8, 4) is 6.07 Å². The van der Waals surface area contributed by atoms with Crippen molar-refractivity contribution >= 4 is 23.7 Å². The minimum atomic E-state index is -0.812. The highest BCUT2D eigenvalue weighted by atomic mass is 19.1. The molecular formula is C21H24F2N10O. The largest absolute Gasteiger partial charge is 0.382 e. The van der Waals surface area contributed by atoms with Gasteiger partial charge in [-0.2, -0.15) is 25.3 Å². The van der Waals surface area contributed by atoms with Crippen molar-refractivity contribution in [3.63, 3.8) is 0 Å². The summed E-state index contributed by atoms with van der Waals surface area (Å²) in [5.41, 5.74) is 0.823. The maximum Gasteiger partial charge on any atom is 0.235 e. The van der Waals surface area contributed by atoms with Gasteiger partial charge in [-0.15, -0.1) is 0 Å². The molecule has 0 aromatic carbocycles. The van der Waals surface area contributed by atoms with Crippen LogP contribution in [0.25, 0.3) is 0 Å². The van der Waals surface area contributed by atoms with Gasteiger partial charge in [-0.05, 0) is 19.8 Å². The lowest BCUT2D eigenvalue weighted by Gasteiger charge is -2.29. The molecule has 4 heterocycles. The van der Waals surface area contributed by atoms with Crippen LogP contribution in [0.3, 0.4) is 0 Å². The fourth-order valence-electron chi connectivity index (χ4n) is 3.62. The number of piperidine rings is 1. The molecule has 0 bridgehead atoms. The summed E-state index contributed by atoms with van der Waals surface area (Å²) in [6.45, 7) is 3.12. The minimum Gasteiger partial charge on any atom is -0.382 e. The van der Waals surface area contributed by atoms with E-state index in [4.69, 9.17) is 4.74 Å². The van der Waals surface area contributed by atoms with Crippen LogP contribution in [0, 0.1) is 35.8 Å². The molecule has 3 N–H and O–H groups in total. The molecule has 34 heavy (non-hydrogen) atoms. The Morgan fingerprint density at radius 1 is 1.24 bits per heavy atom. The summed E-state index contributed by atoms with van der Waals surface area (Å²) in [6, 6.07) is 4.07. The van der Waals surface area contributed by atoms with E-state index >= 15 is 0 Å². The molecule has 1 fully saturated rings. The quantitative estimate of drug-likeness (QED) is 0.450. The Kier molecular flexibility index (Phi) is 7.07. The van der Waals surface area contributed by atoms with Gasteiger partial charge >= 0.3 is 0 Å². The topological polar surface area (TPSA) is 141 Å². The average molecular weight is 470 g/mol. The fraction of sp³-hybridized carbons (Fsp3) is 0.429. The van der Waals surface area contributed by atoms with Crippen molar-refractivity contribution in [3.05, 3.63) is 41.4 Å². The zero-order chi connectivity index (χ0) is 24.1. The van der Waals surface area contributed by atoms with E-state index in [9.17, 15) is 14.0 Å². The van der Waals surface area contributed by atoms with Crippen LogP contribution in [0.4, 0.5) is 32.4 Å². The molecule has 0 saturated carbocycles. The molecule has 4 rings (SSSR count). The predicted octanol–water partition coefficient (Wildman–Crippen LogP) is 2.86. The van der Waals surface area contributed by atoms with Crippen LogP contribution in [0.2, 0.25) is 0 Å². The normalized spacial score (nSPS) is 15.1. The van der Waals surface area contributed by atoms with E-state index in [2.05, 4.69) is 46.8 Å². The summed E-state index contributed by atoms with van der Waals surface area (Å²) in [7, 11) is 1.46. The number of methoxy groups -OCH3 is 1. The number of aromatic amines is 1. The lowest BCUT2D eigenvalue weighted by Crippen LogP contribution is -2.35. The van der Waals surface area contributed by atoms with Crippen LogP contribution in [0.5, 0.6) is 0 Å². The molecule has 0 radical (unpaired) electrons. The first-order valence-corrected chi connectivity index (χ1v) is 10.7. The van der Waals surface area contributed by atoms with Gasteiger partial charge in [-0.25, -0.2) is 8.78 Å². The number of anilines is 4. The average Bonchev–Trinajstić information content (AvgIpc) is 3.23. The van der Waals surface area contributed by atoms with Gasteiger partial charge in [-0.1, -0.05) is 0 Å². The van der Waals surface area contributed by atoms with Crippen LogP contribution in [-0.4, -0.2) is 56.9 Å². The molecule has 3 aromatic heterocycles. The number of ether oxygens (including phenoxy) is 1. The van der Waals surface area contributed by atoms with E-state index in [1.807, 2.05) is 11.8 Å². The lowest BCUT2D eigenvalue weighted by molar-refractivity contribution is 0.183. The maximum absolute atomic E-state index is 14.4. The van der Waals surface area contributed by atoms with Crippen molar-refractivity contribution in [2.24, 2.45) is 5.92 Å². The van der Waals surface area contributed by atoms with Gasteiger partial charge in [0.1, 0.15) is 17.3 Å². The van der Waals surface area contributed by atoms with E-state index in [0.717, 1.165) is 18.0 Å². The number of nitrogens with one attached hydrogen (secondary N) is 3. The summed E-state index contributed by atoms with van der Waals surface area (Å²) >= 11 is 0. The van der Waals surface area contributed by atoms with Gasteiger partial charge in [0.15, 0.2) is 5.82 Å². The van der Waals surface area contributed by atoms with E-state index in [1.165, 1.54) is 7.11 Å². The van der Waals surface area contributed by atoms with Crippen molar-refractivity contribution in [1.82, 2.24) is 30.1 Å². The second kappa shape index (κ2) is 10.3. The van der Waals surface area contributed by atoms with Gasteiger partial charge in [0.2, 0.25) is 17.8 Å². The number of hydrogen-bond donors (Lipinski definition) is 3. The molecule has 1 unspecified atom stereocenters. The molecule has 3 aromatic rings. The molecule has 1 aliphatic heterocycles. The van der Waals surface area contributed by atoms with E-state index < -0.39 is 17.7 Å². The minimum absolute atomic E-state index is 0.00100. The molecule has 0 aliphatic carbocycles. The first-order valence-electron chi connectivity index (χ1n) is 10.7. The zero-order valence-corrected chi connectivity index (χ0v) is 18.7. The number of pyridine rings is 1. The van der Waals surface area contributed by atoms with E-state index in [-0.39, 0.29) is 30.1 Å². The molecule has 1 saturated heterocycles. The third-order valence-electron chi connectivity index (χ3n) is 5.33. The number of nitriles is 1. The number of nitrogens with zero attached hydrogens (tertiary/aromatic N) is 7. The second-order valence-corrected chi connectivity index (χ2v) is 7.91. The highest BCUT2D eigenvalue weighted by Gasteiger charge is 2.24. The first kappa shape index (κ1) is 23.2. The summed E-state index contributed by atoms with van der Waals surface area (Å²) in [4.78, 5) is 19.3. The van der Waals surface area contributed by atoms with Crippen LogP contribution >= 0.6 is 0 Å². The maximum atomic E-state index is 14.4. The van der Waals surface area contributed by atoms with E-state index in [0.29, 0.717) is 37.7 Å². The highest BCUT2D eigenvalue weighted by molar-refractivity contribution is 5.53. The number of rotatable bonds is 8. The predicted molar refractivity (Wildman–Crippen MR) is 119 cm³/mol. The molecule has 0 spiro atoms. The third kappa shape index (κ3) is 5.52. The highest BCUT2D eigenvalue weighted by Crippen LogP contribution is 2.25. The van der Waals surface area contributed by atoms with Crippen molar-refractivity contribution in [1.29, 1.82) is 5.26 Å². The van der Waals surface area contributed by atoms with Gasteiger partial charge in [-0.3, -0.25) is 10.1 Å². The van der Waals surface area contributed by atoms with Gasteiger partial charge < -0.3 is 20.3 Å². The Morgan fingerprint density at radius 3 is 2.65 bits per heavy atom. The summed E-state index contributed by atoms with van der Waals surface area (Å²) in [5, 5.41) is 22.2. The zero-order valence-electron chi connectivity index (χ0n) is 18.7. The molecule has 1 aliphatic rings. The van der Waals surface area contributed by atoms with Crippen LogP contribution in [0.1, 0.15) is 30.3 Å². The number of hydrogen-bond acceptors (Lipinski definition) is 10. The number of halogens is 2. The SMILES string of the molecule is COCC(Nc1nc(Nc2cc(C)[nH]n2)nc(N2CCC(C#N)CC2)n1)c1ncc(F)cc1F. The Bertz CT molecular complexity index is 1170. The van der Waals surface area contributed by atoms with Crippen LogP contribution in [0.15, 0.2) is 18.3 Å². The second-order valence-electron chi connectivity index (χ2n) is 7.91. The molecule has 0 amide bonds. The smallest absolute Gasteiger partial charge is 0.235 e. The molecule has 11 nitrogen and oxygen atoms in total. The summed E-state index contributed by atoms with van der Waals surface area (Å²) in [5.74, 6) is -0.302. The monoisotopic (exact) mass is 470 g/mol. The van der Waals surface area contributed by atoms with Crippen LogP contribution in [-0.2, 0) is 4.74 Å². The standard InChI is InChI=1S/C21H24F2N10O/c1-12-7-17(32-31-12)27-20-28-19(29-21(30-20)33-5-3-13(9-24)4-6-33)26-16(11-34-2)18-15(23)8-14(22)10-25-18/h7-8,10,13,16H,3-6,11H2,1-2H3,(H3,26,27,28,29,30,31,32). The van der Waals surface area contributed by atoms with E-state index in [1.54, 1.807) is 6.07 Å². The van der Waals surface area contributed by atoms with Gasteiger partial charge in [0, 0.05) is 43.9 Å². The Morgan fingerprint density at radius 2 is 2.00 bits per heavy atom. The Labute approximate surface area is 194 Å². The Balaban J connectivity index is 1.65. The first-order chi connectivity index (χ1) is 16.4. The van der Waals surface area contributed by atoms with Crippen molar-refractivity contribution in [2.45, 2.75) is 25.8 Å². The van der Waals surface area contributed by atoms with Crippen molar-refractivity contribution < 1.29 is 13.5 Å². The number of aryl methyl sites for hydroxylation is 1. The van der Waals surface area contributed by atoms with Crippen LogP contribution < -0.4 is 15.5 Å². The summed E-state index contributed by atoms with van der Waals surface area (Å²) < 4.78 is 33.0. The van der Waals surface area contributed by atoms with Gasteiger partial charge in [0.25, 0.3) is 0 Å². The number of H-pyrrole nitrogens is 1. The van der Waals surface area contributed by atoms with Crippen molar-refractivity contribution in [2.75, 3.05) is 42.3 Å².